The number of aryl methyl sites for hydroxylation is 2. The fourth-order valence-electron chi connectivity index (χ4n) is 0.768. The lowest BCUT2D eigenvalue weighted by molar-refractivity contribution is 0.771. The largest absolute Gasteiger partial charge is 0.251 e. The SMILES string of the molecule is C=Nc1c(C)cnn1C. The maximum atomic E-state index is 3.97. The van der Waals surface area contributed by atoms with Crippen LogP contribution in [-0.2, 0) is 7.05 Å². The molecule has 0 radical (unpaired) electrons. The van der Waals surface area contributed by atoms with E-state index in [-0.39, 0.29) is 0 Å². The molecule has 0 N–H and O–H groups in total. The van der Waals surface area contributed by atoms with Crippen LogP contribution >= 0.6 is 0 Å². The summed E-state index contributed by atoms with van der Waals surface area (Å²) in [5.74, 6) is 0.843. The highest BCUT2D eigenvalue weighted by Crippen LogP contribution is 2.13. The summed E-state index contributed by atoms with van der Waals surface area (Å²) in [5.41, 5.74) is 1.06. The summed E-state index contributed by atoms with van der Waals surface area (Å²) >= 11 is 0. The van der Waals surface area contributed by atoms with Crippen molar-refractivity contribution >= 4 is 12.5 Å². The molecule has 1 rings (SSSR count). The first kappa shape index (κ1) is 6.01. The van der Waals surface area contributed by atoms with Crippen LogP contribution in [0.15, 0.2) is 11.2 Å². The summed E-state index contributed by atoms with van der Waals surface area (Å²) in [7, 11) is 1.84. The van der Waals surface area contributed by atoms with Crippen LogP contribution in [0.25, 0.3) is 0 Å². The molecule has 1 aromatic rings. The Kier molecular flexibility index (Phi) is 1.34. The van der Waals surface area contributed by atoms with Gasteiger partial charge in [-0.05, 0) is 13.6 Å². The molecule has 1 aromatic heterocycles. The van der Waals surface area contributed by atoms with Gasteiger partial charge in [-0.2, -0.15) is 5.10 Å². The molecule has 3 heteroatoms. The highest BCUT2D eigenvalue weighted by Gasteiger charge is 1.98. The molecule has 9 heavy (non-hydrogen) atoms. The van der Waals surface area contributed by atoms with E-state index in [1.165, 1.54) is 0 Å². The molecule has 0 spiro atoms. The van der Waals surface area contributed by atoms with E-state index in [0.29, 0.717) is 0 Å². The van der Waals surface area contributed by atoms with E-state index in [4.69, 9.17) is 0 Å². The van der Waals surface area contributed by atoms with Crippen LogP contribution in [-0.4, -0.2) is 16.5 Å². The van der Waals surface area contributed by atoms with Crippen molar-refractivity contribution < 1.29 is 0 Å². The molecule has 0 unspecified atom stereocenters. The quantitative estimate of drug-likeness (QED) is 0.513. The second-order valence-corrected chi connectivity index (χ2v) is 1.93. The second-order valence-electron chi connectivity index (χ2n) is 1.93. The van der Waals surface area contributed by atoms with Gasteiger partial charge in [0.25, 0.3) is 0 Å². The Morgan fingerprint density at radius 1 is 1.78 bits per heavy atom. The predicted molar refractivity (Wildman–Crippen MR) is 37.2 cm³/mol. The Hall–Kier alpha value is -1.12. The Morgan fingerprint density at radius 3 is 2.67 bits per heavy atom. The summed E-state index contributed by atoms with van der Waals surface area (Å²) in [6.07, 6.45) is 1.77. The maximum absolute atomic E-state index is 3.97. The normalized spacial score (nSPS) is 9.56. The number of hydrogen-bond donors (Lipinski definition) is 0. The molecule has 0 bridgehead atoms. The molecule has 3 nitrogen and oxygen atoms in total. The Morgan fingerprint density at radius 2 is 2.44 bits per heavy atom. The van der Waals surface area contributed by atoms with Gasteiger partial charge < -0.3 is 0 Å². The molecule has 0 saturated heterocycles. The summed E-state index contributed by atoms with van der Waals surface area (Å²) in [4.78, 5) is 3.78. The molecular formula is C6H9N3. The molecule has 0 aliphatic heterocycles. The molecule has 0 saturated carbocycles. The van der Waals surface area contributed by atoms with Crippen LogP contribution in [0.4, 0.5) is 5.82 Å². The van der Waals surface area contributed by atoms with Gasteiger partial charge in [0.05, 0.1) is 6.20 Å². The summed E-state index contributed by atoms with van der Waals surface area (Å²) in [6, 6.07) is 0. The first-order valence-electron chi connectivity index (χ1n) is 2.71. The average molecular weight is 123 g/mol. The summed E-state index contributed by atoms with van der Waals surface area (Å²) in [5, 5.41) is 3.97. The Labute approximate surface area is 54.0 Å². The van der Waals surface area contributed by atoms with Crippen molar-refractivity contribution in [1.82, 2.24) is 9.78 Å². The van der Waals surface area contributed by atoms with Crippen LogP contribution in [0.3, 0.4) is 0 Å². The zero-order chi connectivity index (χ0) is 6.85. The van der Waals surface area contributed by atoms with Crippen LogP contribution in [0, 0.1) is 6.92 Å². The predicted octanol–water partition coefficient (Wildman–Crippen LogP) is 1.06. The highest BCUT2D eigenvalue weighted by molar-refractivity contribution is 5.44. The lowest BCUT2D eigenvalue weighted by atomic mass is 10.4. The first-order valence-corrected chi connectivity index (χ1v) is 2.71. The summed E-state index contributed by atoms with van der Waals surface area (Å²) < 4.78 is 1.70. The van der Waals surface area contributed by atoms with E-state index in [1.807, 2.05) is 14.0 Å². The number of aromatic nitrogens is 2. The van der Waals surface area contributed by atoms with E-state index in [9.17, 15) is 0 Å². The van der Waals surface area contributed by atoms with Crippen molar-refractivity contribution in [2.24, 2.45) is 12.0 Å². The van der Waals surface area contributed by atoms with Gasteiger partial charge in [-0.15, -0.1) is 0 Å². The highest BCUT2D eigenvalue weighted by atomic mass is 15.3. The molecule has 0 aromatic carbocycles. The second kappa shape index (κ2) is 2.01. The van der Waals surface area contributed by atoms with Crippen LogP contribution in [0.5, 0.6) is 0 Å². The van der Waals surface area contributed by atoms with Gasteiger partial charge in [0, 0.05) is 12.6 Å². The zero-order valence-corrected chi connectivity index (χ0v) is 5.63. The number of nitrogens with zero attached hydrogens (tertiary/aromatic N) is 3. The van der Waals surface area contributed by atoms with Gasteiger partial charge >= 0.3 is 0 Å². The molecule has 0 aliphatic rings. The molecule has 0 atom stereocenters. The smallest absolute Gasteiger partial charge is 0.152 e. The van der Waals surface area contributed by atoms with Gasteiger partial charge in [-0.3, -0.25) is 4.68 Å². The van der Waals surface area contributed by atoms with Crippen molar-refractivity contribution in [2.75, 3.05) is 0 Å². The van der Waals surface area contributed by atoms with Crippen molar-refractivity contribution in [3.05, 3.63) is 11.8 Å². The Bertz CT molecular complexity index is 205. The minimum absolute atomic E-state index is 0.843. The minimum Gasteiger partial charge on any atom is -0.251 e. The number of hydrogen-bond acceptors (Lipinski definition) is 2. The third kappa shape index (κ3) is 0.850. The molecule has 48 valence electrons. The van der Waals surface area contributed by atoms with Crippen LogP contribution in [0.1, 0.15) is 5.56 Å². The van der Waals surface area contributed by atoms with Crippen molar-refractivity contribution in [3.8, 4) is 0 Å². The molecule has 0 aliphatic carbocycles. The number of rotatable bonds is 1. The first-order chi connectivity index (χ1) is 4.25. The third-order valence-electron chi connectivity index (χ3n) is 1.23. The van der Waals surface area contributed by atoms with E-state index < -0.39 is 0 Å². The zero-order valence-electron chi connectivity index (χ0n) is 5.63. The monoisotopic (exact) mass is 123 g/mol. The van der Waals surface area contributed by atoms with Gasteiger partial charge in [0.1, 0.15) is 0 Å². The average Bonchev–Trinajstić information content (AvgIpc) is 2.12. The standard InChI is InChI=1S/C6H9N3/c1-5-4-8-9(3)6(5)7-2/h4H,2H2,1,3H3. The minimum atomic E-state index is 0.843. The van der Waals surface area contributed by atoms with Crippen molar-refractivity contribution in [1.29, 1.82) is 0 Å². The van der Waals surface area contributed by atoms with E-state index >= 15 is 0 Å². The third-order valence-corrected chi connectivity index (χ3v) is 1.23. The summed E-state index contributed by atoms with van der Waals surface area (Å²) in [6.45, 7) is 5.37. The molecule has 0 fully saturated rings. The maximum Gasteiger partial charge on any atom is 0.152 e. The van der Waals surface area contributed by atoms with E-state index in [2.05, 4.69) is 16.8 Å². The Balaban J connectivity index is 3.22. The topological polar surface area (TPSA) is 30.2 Å². The molecule has 0 amide bonds. The fraction of sp³-hybridized carbons (Fsp3) is 0.333. The van der Waals surface area contributed by atoms with Gasteiger partial charge in [-0.25, -0.2) is 4.99 Å². The van der Waals surface area contributed by atoms with Crippen LogP contribution in [0.2, 0.25) is 0 Å². The molecular weight excluding hydrogens is 114 g/mol. The van der Waals surface area contributed by atoms with Crippen molar-refractivity contribution in [3.63, 3.8) is 0 Å². The van der Waals surface area contributed by atoms with E-state index in [1.54, 1.807) is 10.9 Å². The molecule has 1 heterocycles. The van der Waals surface area contributed by atoms with Gasteiger partial charge in [0.2, 0.25) is 0 Å². The van der Waals surface area contributed by atoms with Gasteiger partial charge in [0.15, 0.2) is 5.82 Å². The fourth-order valence-corrected chi connectivity index (χ4v) is 0.768. The lowest BCUT2D eigenvalue weighted by Gasteiger charge is -1.91. The van der Waals surface area contributed by atoms with E-state index in [0.717, 1.165) is 11.4 Å². The van der Waals surface area contributed by atoms with Gasteiger partial charge in [-0.1, -0.05) is 0 Å². The lowest BCUT2D eigenvalue weighted by Crippen LogP contribution is -1.87. The number of aliphatic imine (C=N–C) groups is 1. The van der Waals surface area contributed by atoms with Crippen LogP contribution < -0.4 is 0 Å². The van der Waals surface area contributed by atoms with Crippen molar-refractivity contribution in [2.45, 2.75) is 6.92 Å².